The van der Waals surface area contributed by atoms with Crippen LogP contribution in [-0.2, 0) is 6.42 Å². The summed E-state index contributed by atoms with van der Waals surface area (Å²) in [4.78, 5) is 0. The van der Waals surface area contributed by atoms with Crippen molar-refractivity contribution >= 4 is 12.2 Å². The van der Waals surface area contributed by atoms with E-state index in [2.05, 4.69) is 16.3 Å². The summed E-state index contributed by atoms with van der Waals surface area (Å²) < 4.78 is 2.29. The molecule has 0 fully saturated rings. The van der Waals surface area contributed by atoms with E-state index in [1.54, 1.807) is 4.57 Å². The summed E-state index contributed by atoms with van der Waals surface area (Å²) >= 11 is 5.15. The Labute approximate surface area is 98.2 Å². The number of aromatic amines is 1. The Balaban J connectivity index is 2.60. The van der Waals surface area contributed by atoms with Crippen LogP contribution in [0.1, 0.15) is 11.4 Å². The number of aryl methyl sites for hydroxylation is 1. The van der Waals surface area contributed by atoms with Crippen LogP contribution in [0, 0.1) is 23.0 Å². The van der Waals surface area contributed by atoms with Gasteiger partial charge >= 0.3 is 0 Å². The second kappa shape index (κ2) is 4.29. The van der Waals surface area contributed by atoms with Crippen LogP contribution in [0.5, 0.6) is 0 Å². The van der Waals surface area contributed by atoms with Crippen molar-refractivity contribution in [3.05, 3.63) is 40.4 Å². The normalized spacial score (nSPS) is 10.0. The summed E-state index contributed by atoms with van der Waals surface area (Å²) in [6.45, 7) is 2.01. The van der Waals surface area contributed by atoms with E-state index < -0.39 is 0 Å². The molecular formula is C11H10N4S. The zero-order valence-corrected chi connectivity index (χ0v) is 9.58. The minimum Gasteiger partial charge on any atom is -0.271 e. The molecule has 4 nitrogen and oxygen atoms in total. The van der Waals surface area contributed by atoms with Crippen LogP contribution in [0.25, 0.3) is 5.69 Å². The maximum Gasteiger partial charge on any atom is 0.199 e. The average molecular weight is 230 g/mol. The van der Waals surface area contributed by atoms with Gasteiger partial charge in [-0.25, -0.2) is 0 Å². The Morgan fingerprint density at radius 2 is 2.38 bits per heavy atom. The quantitative estimate of drug-likeness (QED) is 0.805. The molecule has 0 spiro atoms. The van der Waals surface area contributed by atoms with Crippen LogP contribution in [0.4, 0.5) is 0 Å². The first-order valence-electron chi connectivity index (χ1n) is 4.82. The third-order valence-corrected chi connectivity index (χ3v) is 2.51. The van der Waals surface area contributed by atoms with Gasteiger partial charge in [-0.15, -0.1) is 0 Å². The van der Waals surface area contributed by atoms with Gasteiger partial charge in [0.15, 0.2) is 4.77 Å². The van der Waals surface area contributed by atoms with Crippen LogP contribution in [-0.4, -0.2) is 14.8 Å². The van der Waals surface area contributed by atoms with Crippen molar-refractivity contribution in [2.75, 3.05) is 0 Å². The predicted molar refractivity (Wildman–Crippen MR) is 62.8 cm³/mol. The van der Waals surface area contributed by atoms with Crippen LogP contribution in [0.3, 0.4) is 0 Å². The fourth-order valence-corrected chi connectivity index (χ4v) is 1.81. The number of aromatic nitrogens is 3. The first kappa shape index (κ1) is 10.6. The molecule has 0 radical (unpaired) electrons. The van der Waals surface area contributed by atoms with Gasteiger partial charge in [0.05, 0.1) is 12.5 Å². The van der Waals surface area contributed by atoms with Crippen molar-refractivity contribution in [2.45, 2.75) is 13.3 Å². The summed E-state index contributed by atoms with van der Waals surface area (Å²) in [7, 11) is 0. The van der Waals surface area contributed by atoms with Gasteiger partial charge in [0.25, 0.3) is 0 Å². The molecule has 0 aliphatic heterocycles. The molecule has 0 saturated carbocycles. The first-order valence-corrected chi connectivity index (χ1v) is 5.23. The second-order valence-corrected chi connectivity index (χ2v) is 3.84. The Kier molecular flexibility index (Phi) is 2.84. The maximum atomic E-state index is 8.70. The first-order chi connectivity index (χ1) is 7.72. The topological polar surface area (TPSA) is 57.4 Å². The van der Waals surface area contributed by atoms with Gasteiger partial charge in [-0.2, -0.15) is 10.4 Å². The van der Waals surface area contributed by atoms with Crippen LogP contribution >= 0.6 is 12.2 Å². The lowest BCUT2D eigenvalue weighted by Crippen LogP contribution is -2.00. The minimum absolute atomic E-state index is 0.237. The molecule has 0 aliphatic rings. The average Bonchev–Trinajstić information content (AvgIpc) is 2.60. The van der Waals surface area contributed by atoms with Gasteiger partial charge in [-0.3, -0.25) is 9.67 Å². The number of H-pyrrole nitrogens is 1. The fraction of sp³-hybridized carbons (Fsp3) is 0.182. The smallest absolute Gasteiger partial charge is 0.199 e. The molecule has 2 aromatic rings. The van der Waals surface area contributed by atoms with Gasteiger partial charge in [0.2, 0.25) is 0 Å². The van der Waals surface area contributed by atoms with E-state index in [-0.39, 0.29) is 6.42 Å². The van der Waals surface area contributed by atoms with Gasteiger partial charge < -0.3 is 0 Å². The highest BCUT2D eigenvalue weighted by Crippen LogP contribution is 2.12. The largest absolute Gasteiger partial charge is 0.271 e. The Hall–Kier alpha value is -1.93. The zero-order chi connectivity index (χ0) is 11.5. The SMILES string of the molecule is Cc1cccc(-n2c(CC#N)n[nH]c2=S)c1. The molecule has 0 bridgehead atoms. The standard InChI is InChI=1S/C11H10N4S/c1-8-3-2-4-9(7-8)15-10(5-6-12)13-14-11(15)16/h2-4,7H,5H2,1H3,(H,14,16). The monoisotopic (exact) mass is 230 g/mol. The molecule has 0 unspecified atom stereocenters. The minimum atomic E-state index is 0.237. The lowest BCUT2D eigenvalue weighted by Gasteiger charge is -2.05. The maximum absolute atomic E-state index is 8.70. The molecular weight excluding hydrogens is 220 g/mol. The number of rotatable bonds is 2. The molecule has 16 heavy (non-hydrogen) atoms. The number of nitrogens with zero attached hydrogens (tertiary/aromatic N) is 3. The fourth-order valence-electron chi connectivity index (χ4n) is 1.55. The third kappa shape index (κ3) is 1.88. The highest BCUT2D eigenvalue weighted by molar-refractivity contribution is 7.71. The van der Waals surface area contributed by atoms with Gasteiger partial charge in [-0.05, 0) is 36.8 Å². The van der Waals surface area contributed by atoms with Crippen LogP contribution < -0.4 is 0 Å². The van der Waals surface area contributed by atoms with Crippen molar-refractivity contribution < 1.29 is 0 Å². The highest BCUT2D eigenvalue weighted by Gasteiger charge is 2.07. The molecule has 0 aliphatic carbocycles. The van der Waals surface area contributed by atoms with Crippen LogP contribution in [0.2, 0.25) is 0 Å². The summed E-state index contributed by atoms with van der Waals surface area (Å²) in [5.41, 5.74) is 2.08. The van der Waals surface area contributed by atoms with E-state index in [0.29, 0.717) is 10.6 Å². The molecule has 1 aromatic carbocycles. The molecule has 1 heterocycles. The lowest BCUT2D eigenvalue weighted by molar-refractivity contribution is 0.920. The summed E-state index contributed by atoms with van der Waals surface area (Å²) in [5, 5.41) is 15.4. The number of nitriles is 1. The van der Waals surface area contributed by atoms with Gasteiger partial charge in [0.1, 0.15) is 5.82 Å². The number of benzene rings is 1. The Morgan fingerprint density at radius 1 is 1.56 bits per heavy atom. The van der Waals surface area contributed by atoms with Gasteiger partial charge in [0, 0.05) is 5.69 Å². The molecule has 80 valence electrons. The zero-order valence-electron chi connectivity index (χ0n) is 8.77. The molecule has 2 rings (SSSR count). The number of hydrogen-bond acceptors (Lipinski definition) is 3. The summed E-state index contributed by atoms with van der Waals surface area (Å²) in [5.74, 6) is 0.637. The summed E-state index contributed by atoms with van der Waals surface area (Å²) in [6.07, 6.45) is 0.237. The predicted octanol–water partition coefficient (Wildman–Crippen LogP) is 2.30. The number of hydrogen-bond donors (Lipinski definition) is 1. The molecule has 1 aromatic heterocycles. The molecule has 0 amide bonds. The van der Waals surface area contributed by atoms with Crippen molar-refractivity contribution in [3.8, 4) is 11.8 Å². The van der Waals surface area contributed by atoms with Gasteiger partial charge in [-0.1, -0.05) is 12.1 Å². The molecule has 1 N–H and O–H groups in total. The van der Waals surface area contributed by atoms with E-state index in [9.17, 15) is 0 Å². The van der Waals surface area contributed by atoms with E-state index in [1.165, 1.54) is 0 Å². The Bertz CT molecular complexity index is 603. The summed E-state index contributed by atoms with van der Waals surface area (Å²) in [6, 6.07) is 9.99. The van der Waals surface area contributed by atoms with E-state index in [1.807, 2.05) is 31.2 Å². The van der Waals surface area contributed by atoms with Crippen LogP contribution in [0.15, 0.2) is 24.3 Å². The molecule has 0 atom stereocenters. The van der Waals surface area contributed by atoms with E-state index in [0.717, 1.165) is 11.3 Å². The van der Waals surface area contributed by atoms with E-state index in [4.69, 9.17) is 17.5 Å². The Morgan fingerprint density at radius 3 is 3.06 bits per heavy atom. The third-order valence-electron chi connectivity index (χ3n) is 2.24. The van der Waals surface area contributed by atoms with Crippen molar-refractivity contribution in [2.24, 2.45) is 0 Å². The molecule has 5 heteroatoms. The van der Waals surface area contributed by atoms with Crippen molar-refractivity contribution in [1.82, 2.24) is 14.8 Å². The second-order valence-electron chi connectivity index (χ2n) is 3.45. The molecule has 0 saturated heterocycles. The lowest BCUT2D eigenvalue weighted by atomic mass is 10.2. The van der Waals surface area contributed by atoms with E-state index >= 15 is 0 Å². The number of nitrogens with one attached hydrogen (secondary N) is 1. The highest BCUT2D eigenvalue weighted by atomic mass is 32.1. The van der Waals surface area contributed by atoms with Crippen molar-refractivity contribution in [3.63, 3.8) is 0 Å². The van der Waals surface area contributed by atoms with Crippen molar-refractivity contribution in [1.29, 1.82) is 5.26 Å².